The van der Waals surface area contributed by atoms with Crippen molar-refractivity contribution < 1.29 is 24.1 Å². The fourth-order valence-corrected chi connectivity index (χ4v) is 5.37. The smallest absolute Gasteiger partial charge is 0.251 e. The number of piperazine rings is 1. The molecule has 43 heavy (non-hydrogen) atoms. The number of methoxy groups -OCH3 is 1. The summed E-state index contributed by atoms with van der Waals surface area (Å²) in [7, 11) is 1.62. The summed E-state index contributed by atoms with van der Waals surface area (Å²) in [6, 6.07) is 13.6. The van der Waals surface area contributed by atoms with E-state index in [0.29, 0.717) is 53.8 Å². The number of ether oxygens (including phenoxy) is 3. The summed E-state index contributed by atoms with van der Waals surface area (Å²) in [5, 5.41) is 22.4. The number of carbonyl (C=O) groups excluding carboxylic acids is 1. The van der Waals surface area contributed by atoms with Gasteiger partial charge in [0.2, 0.25) is 11.8 Å². The van der Waals surface area contributed by atoms with E-state index in [-0.39, 0.29) is 12.0 Å². The van der Waals surface area contributed by atoms with Gasteiger partial charge in [-0.2, -0.15) is 10.2 Å². The standard InChI is InChI=1S/C30H34N8O5/c1-19(39)29(40)38-15-23(16-38)43-26-5-3-20(13-21(26)14-31)24-7-8-32-30(33-24)35-27-6-4-25(28(34-27)41-2)37-11-9-36(10-12-37)22-17-42-18-22/h3-8,13,19,22-23,39H,9-12,15-18H2,1-2H3,(H,32,33,34,35)/t19-/m1/s1. The Kier molecular flexibility index (Phi) is 8.24. The molecule has 0 saturated carbocycles. The van der Waals surface area contributed by atoms with Crippen LogP contribution >= 0.6 is 0 Å². The Bertz CT molecular complexity index is 1510. The van der Waals surface area contributed by atoms with Gasteiger partial charge in [-0.05, 0) is 43.3 Å². The van der Waals surface area contributed by atoms with Crippen molar-refractivity contribution in [2.45, 2.75) is 25.2 Å². The van der Waals surface area contributed by atoms with E-state index in [1.807, 2.05) is 18.2 Å². The number of likely N-dealkylation sites (tertiary alicyclic amines) is 1. The normalized spacial score (nSPS) is 18.3. The molecule has 3 aliphatic rings. The van der Waals surface area contributed by atoms with E-state index in [1.165, 1.54) is 11.8 Å². The van der Waals surface area contributed by atoms with E-state index in [1.54, 1.807) is 31.5 Å². The van der Waals surface area contributed by atoms with Crippen molar-refractivity contribution >= 4 is 23.4 Å². The van der Waals surface area contributed by atoms with E-state index >= 15 is 0 Å². The van der Waals surface area contributed by atoms with Crippen LogP contribution in [0.25, 0.3) is 11.3 Å². The van der Waals surface area contributed by atoms with Crippen molar-refractivity contribution in [3.05, 3.63) is 48.2 Å². The van der Waals surface area contributed by atoms with Crippen molar-refractivity contribution in [2.75, 3.05) is 69.8 Å². The van der Waals surface area contributed by atoms with Crippen molar-refractivity contribution in [1.29, 1.82) is 5.26 Å². The molecule has 13 nitrogen and oxygen atoms in total. The van der Waals surface area contributed by atoms with Crippen LogP contribution in [0.2, 0.25) is 0 Å². The SMILES string of the molecule is COc1nc(Nc2nccc(-c3ccc(OC4CN(C(=O)[C@@H](C)O)C4)c(C#N)c3)n2)ccc1N1CCN(C2COC2)CC1. The fourth-order valence-electron chi connectivity index (χ4n) is 5.37. The number of pyridine rings is 1. The minimum absolute atomic E-state index is 0.238. The first-order chi connectivity index (χ1) is 20.9. The van der Waals surface area contributed by atoms with Gasteiger partial charge in [-0.25, -0.2) is 9.97 Å². The number of amides is 1. The second kappa shape index (κ2) is 12.4. The third-order valence-electron chi connectivity index (χ3n) is 7.93. The first-order valence-corrected chi connectivity index (χ1v) is 14.3. The molecule has 13 heteroatoms. The highest BCUT2D eigenvalue weighted by Crippen LogP contribution is 2.31. The van der Waals surface area contributed by atoms with Gasteiger partial charge in [0, 0.05) is 37.9 Å². The minimum atomic E-state index is -1.04. The molecule has 224 valence electrons. The second-order valence-corrected chi connectivity index (χ2v) is 10.8. The zero-order valence-electron chi connectivity index (χ0n) is 24.1. The number of benzene rings is 1. The predicted molar refractivity (Wildman–Crippen MR) is 157 cm³/mol. The Balaban J connectivity index is 1.11. The quantitative estimate of drug-likeness (QED) is 0.375. The summed E-state index contributed by atoms with van der Waals surface area (Å²) in [5.74, 6) is 1.53. The molecule has 3 fully saturated rings. The lowest BCUT2D eigenvalue weighted by molar-refractivity contribution is -0.148. The topological polar surface area (TPSA) is 149 Å². The van der Waals surface area contributed by atoms with Crippen LogP contribution in [0.15, 0.2) is 42.6 Å². The fraction of sp³-hybridized carbons (Fsp3) is 0.433. The number of aromatic nitrogens is 3. The number of anilines is 3. The summed E-state index contributed by atoms with van der Waals surface area (Å²) in [4.78, 5) is 31.8. The molecule has 0 unspecified atom stereocenters. The Labute approximate surface area is 249 Å². The lowest BCUT2D eigenvalue weighted by atomic mass is 10.1. The number of aliphatic hydroxyl groups excluding tert-OH is 1. The second-order valence-electron chi connectivity index (χ2n) is 10.8. The third-order valence-corrected chi connectivity index (χ3v) is 7.93. The Hall–Kier alpha value is -4.51. The molecule has 6 rings (SSSR count). The van der Waals surface area contributed by atoms with Gasteiger partial charge in [0.15, 0.2) is 0 Å². The molecule has 3 saturated heterocycles. The zero-order valence-corrected chi connectivity index (χ0v) is 24.1. The number of hydrogen-bond acceptors (Lipinski definition) is 12. The third kappa shape index (κ3) is 6.17. The molecule has 2 aromatic heterocycles. The highest BCUT2D eigenvalue weighted by atomic mass is 16.5. The maximum Gasteiger partial charge on any atom is 0.251 e. The van der Waals surface area contributed by atoms with Gasteiger partial charge in [-0.3, -0.25) is 9.69 Å². The van der Waals surface area contributed by atoms with Crippen LogP contribution in [-0.2, 0) is 9.53 Å². The molecule has 5 heterocycles. The Morgan fingerprint density at radius 1 is 1.14 bits per heavy atom. The molecular formula is C30H34N8O5. The molecule has 3 aromatic rings. The summed E-state index contributed by atoms with van der Waals surface area (Å²) < 4.78 is 16.9. The van der Waals surface area contributed by atoms with Gasteiger partial charge in [-0.1, -0.05) is 0 Å². The summed E-state index contributed by atoms with van der Waals surface area (Å²) in [6.07, 6.45) is 0.360. The molecule has 0 aliphatic carbocycles. The minimum Gasteiger partial charge on any atom is -0.485 e. The van der Waals surface area contributed by atoms with Gasteiger partial charge in [0.05, 0.1) is 50.7 Å². The van der Waals surface area contributed by atoms with E-state index in [0.717, 1.165) is 50.6 Å². The first kappa shape index (κ1) is 28.6. The number of carbonyl (C=O) groups is 1. The molecule has 2 N–H and O–H groups in total. The number of rotatable bonds is 9. The summed E-state index contributed by atoms with van der Waals surface area (Å²) in [6.45, 7) is 7.55. The van der Waals surface area contributed by atoms with Crippen LogP contribution in [-0.4, -0.2) is 114 Å². The van der Waals surface area contributed by atoms with E-state index in [4.69, 9.17) is 14.2 Å². The van der Waals surface area contributed by atoms with Crippen LogP contribution < -0.4 is 19.7 Å². The molecule has 0 radical (unpaired) electrons. The van der Waals surface area contributed by atoms with Crippen molar-refractivity contribution in [3.63, 3.8) is 0 Å². The lowest BCUT2D eigenvalue weighted by Gasteiger charge is -2.43. The lowest BCUT2D eigenvalue weighted by Crippen LogP contribution is -2.58. The maximum atomic E-state index is 11.9. The van der Waals surface area contributed by atoms with Gasteiger partial charge < -0.3 is 34.4 Å². The van der Waals surface area contributed by atoms with Crippen LogP contribution in [0.5, 0.6) is 11.6 Å². The largest absolute Gasteiger partial charge is 0.485 e. The first-order valence-electron chi connectivity index (χ1n) is 14.3. The highest BCUT2D eigenvalue weighted by Gasteiger charge is 2.34. The predicted octanol–water partition coefficient (Wildman–Crippen LogP) is 1.65. The van der Waals surface area contributed by atoms with Crippen LogP contribution in [0, 0.1) is 11.3 Å². The Morgan fingerprint density at radius 2 is 1.93 bits per heavy atom. The summed E-state index contributed by atoms with van der Waals surface area (Å²) in [5.41, 5.74) is 2.65. The average Bonchev–Trinajstić information content (AvgIpc) is 2.98. The molecule has 1 aromatic carbocycles. The van der Waals surface area contributed by atoms with Crippen LogP contribution in [0.4, 0.5) is 17.5 Å². The number of hydrogen-bond donors (Lipinski definition) is 2. The molecule has 1 amide bonds. The van der Waals surface area contributed by atoms with Gasteiger partial charge >= 0.3 is 0 Å². The summed E-state index contributed by atoms with van der Waals surface area (Å²) >= 11 is 0. The molecular weight excluding hydrogens is 552 g/mol. The molecule has 1 atom stereocenters. The van der Waals surface area contributed by atoms with Crippen LogP contribution in [0.1, 0.15) is 12.5 Å². The van der Waals surface area contributed by atoms with E-state index in [9.17, 15) is 15.2 Å². The zero-order chi connectivity index (χ0) is 29.9. The monoisotopic (exact) mass is 586 g/mol. The molecule has 3 aliphatic heterocycles. The van der Waals surface area contributed by atoms with Crippen molar-refractivity contribution in [1.82, 2.24) is 24.8 Å². The molecule has 0 spiro atoms. The van der Waals surface area contributed by atoms with E-state index < -0.39 is 6.10 Å². The number of aliphatic hydroxyl groups is 1. The van der Waals surface area contributed by atoms with Crippen molar-refractivity contribution in [2.24, 2.45) is 0 Å². The van der Waals surface area contributed by atoms with Gasteiger partial charge in [0.1, 0.15) is 35.5 Å². The number of nitrogens with one attached hydrogen (secondary N) is 1. The Morgan fingerprint density at radius 3 is 2.60 bits per heavy atom. The van der Waals surface area contributed by atoms with E-state index in [2.05, 4.69) is 36.1 Å². The van der Waals surface area contributed by atoms with Gasteiger partial charge in [0.25, 0.3) is 5.91 Å². The molecule has 0 bridgehead atoms. The average molecular weight is 587 g/mol. The number of nitriles is 1. The maximum absolute atomic E-state index is 11.9. The van der Waals surface area contributed by atoms with Crippen LogP contribution in [0.3, 0.4) is 0 Å². The number of nitrogens with zero attached hydrogens (tertiary/aromatic N) is 7. The highest BCUT2D eigenvalue weighted by molar-refractivity contribution is 5.81. The van der Waals surface area contributed by atoms with Gasteiger partial charge in [-0.15, -0.1) is 0 Å². The van der Waals surface area contributed by atoms with Crippen molar-refractivity contribution in [3.8, 4) is 29.0 Å².